The van der Waals surface area contributed by atoms with Crippen molar-refractivity contribution in [3.05, 3.63) is 11.6 Å². The second kappa shape index (κ2) is 11.1. The molecule has 0 spiro atoms. The van der Waals surface area contributed by atoms with Crippen molar-refractivity contribution in [2.45, 2.75) is 98.8 Å². The SMILES string of the molecule is CC(=C[C@H](C(C)C)N(C)C(=O)[C@H](NC(=O)C1CCCCN1C(C)C)C(C)(C)C)C(=O)O. The van der Waals surface area contributed by atoms with Gasteiger partial charge < -0.3 is 15.3 Å². The van der Waals surface area contributed by atoms with E-state index in [9.17, 15) is 19.5 Å². The first-order valence-corrected chi connectivity index (χ1v) is 11.4. The summed E-state index contributed by atoms with van der Waals surface area (Å²) in [6, 6.07) is -1.06. The molecular formula is C24H43N3O4. The molecule has 0 radical (unpaired) electrons. The number of nitrogens with zero attached hydrogens (tertiary/aromatic N) is 2. The van der Waals surface area contributed by atoms with Gasteiger partial charge in [0.25, 0.3) is 0 Å². The molecule has 2 amide bonds. The van der Waals surface area contributed by atoms with E-state index in [0.717, 1.165) is 25.8 Å². The summed E-state index contributed by atoms with van der Waals surface area (Å²) in [6.45, 7) is 16.3. The van der Waals surface area contributed by atoms with E-state index in [4.69, 9.17) is 0 Å². The highest BCUT2D eigenvalue weighted by atomic mass is 16.4. The van der Waals surface area contributed by atoms with Crippen LogP contribution in [0.5, 0.6) is 0 Å². The molecule has 2 N–H and O–H groups in total. The third kappa shape index (κ3) is 7.34. The van der Waals surface area contributed by atoms with Crippen LogP contribution in [0.2, 0.25) is 0 Å². The maximum absolute atomic E-state index is 13.5. The first kappa shape index (κ1) is 27.1. The highest BCUT2D eigenvalue weighted by Gasteiger charge is 2.39. The predicted molar refractivity (Wildman–Crippen MR) is 124 cm³/mol. The van der Waals surface area contributed by atoms with E-state index in [1.807, 2.05) is 34.6 Å². The molecule has 0 bridgehead atoms. The van der Waals surface area contributed by atoms with Crippen molar-refractivity contribution in [1.29, 1.82) is 0 Å². The molecule has 1 unspecified atom stereocenters. The average molecular weight is 438 g/mol. The van der Waals surface area contributed by atoms with Crippen molar-refractivity contribution in [2.24, 2.45) is 11.3 Å². The summed E-state index contributed by atoms with van der Waals surface area (Å²) in [4.78, 5) is 41.9. The lowest BCUT2D eigenvalue weighted by atomic mass is 9.84. The van der Waals surface area contributed by atoms with Gasteiger partial charge in [-0.15, -0.1) is 0 Å². The van der Waals surface area contributed by atoms with Gasteiger partial charge in [0.2, 0.25) is 11.8 Å². The zero-order valence-electron chi connectivity index (χ0n) is 20.9. The molecule has 7 heteroatoms. The number of carboxylic acids is 1. The van der Waals surface area contributed by atoms with E-state index in [1.165, 1.54) is 6.92 Å². The van der Waals surface area contributed by atoms with Crippen LogP contribution < -0.4 is 5.32 Å². The monoisotopic (exact) mass is 437 g/mol. The molecule has 1 heterocycles. The van der Waals surface area contributed by atoms with E-state index < -0.39 is 17.4 Å². The number of carbonyl (C=O) groups excluding carboxylic acids is 2. The molecule has 1 aliphatic heterocycles. The highest BCUT2D eigenvalue weighted by Crippen LogP contribution is 2.25. The first-order chi connectivity index (χ1) is 14.2. The molecule has 0 aliphatic carbocycles. The van der Waals surface area contributed by atoms with Gasteiger partial charge in [-0.25, -0.2) is 4.79 Å². The summed E-state index contributed by atoms with van der Waals surface area (Å²) < 4.78 is 0. The van der Waals surface area contributed by atoms with Crippen LogP contribution in [0.3, 0.4) is 0 Å². The Balaban J connectivity index is 3.15. The summed E-state index contributed by atoms with van der Waals surface area (Å²) in [5, 5.41) is 12.3. The maximum atomic E-state index is 13.5. The van der Waals surface area contributed by atoms with E-state index >= 15 is 0 Å². The van der Waals surface area contributed by atoms with Crippen LogP contribution in [0.15, 0.2) is 11.6 Å². The third-order valence-electron chi connectivity index (χ3n) is 6.15. The number of hydrogen-bond donors (Lipinski definition) is 2. The summed E-state index contributed by atoms with van der Waals surface area (Å²) >= 11 is 0. The molecule has 1 saturated heterocycles. The van der Waals surface area contributed by atoms with Crippen molar-refractivity contribution in [3.8, 4) is 0 Å². The molecule has 1 fully saturated rings. The largest absolute Gasteiger partial charge is 0.478 e. The Morgan fingerprint density at radius 2 is 1.71 bits per heavy atom. The van der Waals surface area contributed by atoms with E-state index in [1.54, 1.807) is 18.0 Å². The molecule has 0 aromatic rings. The van der Waals surface area contributed by atoms with Crippen LogP contribution >= 0.6 is 0 Å². The molecule has 7 nitrogen and oxygen atoms in total. The fourth-order valence-corrected chi connectivity index (χ4v) is 4.17. The summed E-state index contributed by atoms with van der Waals surface area (Å²) in [5.41, 5.74) is -0.296. The third-order valence-corrected chi connectivity index (χ3v) is 6.15. The highest BCUT2D eigenvalue weighted by molar-refractivity contribution is 5.91. The first-order valence-electron chi connectivity index (χ1n) is 11.4. The Kier molecular flexibility index (Phi) is 9.73. The van der Waals surface area contributed by atoms with Crippen molar-refractivity contribution >= 4 is 17.8 Å². The standard InChI is InChI=1S/C24H43N3O4/c1-15(2)19(14-17(5)23(30)31)26(9)22(29)20(24(6,7)8)25-21(28)18-12-10-11-13-27(18)16(3)4/h14-16,18-20H,10-13H2,1-9H3,(H,25,28)(H,30,31)/t18?,19-,20+/m1/s1. The molecule has 0 aromatic carbocycles. The Morgan fingerprint density at radius 1 is 1.13 bits per heavy atom. The van der Waals surface area contributed by atoms with Crippen molar-refractivity contribution in [1.82, 2.24) is 15.1 Å². The van der Waals surface area contributed by atoms with Crippen LogP contribution in [-0.4, -0.2) is 70.4 Å². The molecule has 3 atom stereocenters. The Bertz CT molecular complexity index is 679. The average Bonchev–Trinajstić information content (AvgIpc) is 2.67. The lowest BCUT2D eigenvalue weighted by molar-refractivity contribution is -0.142. The topological polar surface area (TPSA) is 90.0 Å². The van der Waals surface area contributed by atoms with Gasteiger partial charge >= 0.3 is 5.97 Å². The molecule has 1 rings (SSSR count). The second-order valence-electron chi connectivity index (χ2n) is 10.5. The number of likely N-dealkylation sites (tertiary alicyclic amines) is 1. The minimum absolute atomic E-state index is 0.0225. The lowest BCUT2D eigenvalue weighted by Gasteiger charge is -2.41. The van der Waals surface area contributed by atoms with Gasteiger partial charge in [0.1, 0.15) is 6.04 Å². The quantitative estimate of drug-likeness (QED) is 0.569. The van der Waals surface area contributed by atoms with Gasteiger partial charge in [0.15, 0.2) is 0 Å². The number of likely N-dealkylation sites (N-methyl/N-ethyl adjacent to an activating group) is 1. The van der Waals surface area contributed by atoms with Crippen molar-refractivity contribution in [3.63, 3.8) is 0 Å². The molecular weight excluding hydrogens is 394 g/mol. The number of carbonyl (C=O) groups is 3. The lowest BCUT2D eigenvalue weighted by Crippen LogP contribution is -2.60. The number of rotatable bonds is 8. The fourth-order valence-electron chi connectivity index (χ4n) is 4.17. The normalized spacial score (nSPS) is 20.5. The molecule has 0 aromatic heterocycles. The zero-order chi connectivity index (χ0) is 24.1. The van der Waals surface area contributed by atoms with Gasteiger partial charge in [0.05, 0.1) is 12.1 Å². The number of amides is 2. The number of piperidine rings is 1. The van der Waals surface area contributed by atoms with Gasteiger partial charge in [-0.3, -0.25) is 14.5 Å². The van der Waals surface area contributed by atoms with Crippen LogP contribution in [0.1, 0.15) is 74.7 Å². The van der Waals surface area contributed by atoms with Crippen LogP contribution in [-0.2, 0) is 14.4 Å². The van der Waals surface area contributed by atoms with Crippen molar-refractivity contribution in [2.75, 3.05) is 13.6 Å². The smallest absolute Gasteiger partial charge is 0.331 e. The van der Waals surface area contributed by atoms with Gasteiger partial charge in [0, 0.05) is 18.7 Å². The van der Waals surface area contributed by atoms with Crippen LogP contribution in [0.4, 0.5) is 0 Å². The van der Waals surface area contributed by atoms with E-state index in [0.29, 0.717) is 0 Å². The molecule has 178 valence electrons. The minimum atomic E-state index is -1.00. The molecule has 0 saturated carbocycles. The zero-order valence-corrected chi connectivity index (χ0v) is 20.9. The van der Waals surface area contributed by atoms with Gasteiger partial charge in [-0.2, -0.15) is 0 Å². The van der Waals surface area contributed by atoms with E-state index in [-0.39, 0.29) is 41.4 Å². The predicted octanol–water partition coefficient (Wildman–Crippen LogP) is 3.29. The van der Waals surface area contributed by atoms with Crippen LogP contribution in [0, 0.1) is 11.3 Å². The van der Waals surface area contributed by atoms with Gasteiger partial charge in [-0.05, 0) is 51.5 Å². The Labute approximate surface area is 188 Å². The number of aliphatic carboxylic acids is 1. The maximum Gasteiger partial charge on any atom is 0.331 e. The van der Waals surface area contributed by atoms with Crippen LogP contribution in [0.25, 0.3) is 0 Å². The number of carboxylic acid groups (broad SMARTS) is 1. The Morgan fingerprint density at radius 3 is 2.16 bits per heavy atom. The van der Waals surface area contributed by atoms with E-state index in [2.05, 4.69) is 24.1 Å². The number of hydrogen-bond acceptors (Lipinski definition) is 4. The summed E-state index contributed by atoms with van der Waals surface area (Å²) in [6.07, 6.45) is 4.50. The summed E-state index contributed by atoms with van der Waals surface area (Å²) in [7, 11) is 1.69. The Hall–Kier alpha value is -1.89. The van der Waals surface area contributed by atoms with Gasteiger partial charge in [-0.1, -0.05) is 47.1 Å². The number of nitrogens with one attached hydrogen (secondary N) is 1. The fraction of sp³-hybridized carbons (Fsp3) is 0.792. The molecule has 31 heavy (non-hydrogen) atoms. The van der Waals surface area contributed by atoms with Crippen molar-refractivity contribution < 1.29 is 19.5 Å². The minimum Gasteiger partial charge on any atom is -0.478 e. The molecule has 1 aliphatic rings. The second-order valence-corrected chi connectivity index (χ2v) is 10.5. The summed E-state index contributed by atoms with van der Waals surface area (Å²) in [5.74, 6) is -1.29.